The van der Waals surface area contributed by atoms with Crippen molar-refractivity contribution >= 4 is 17.6 Å². The predicted molar refractivity (Wildman–Crippen MR) is 85.5 cm³/mol. The van der Waals surface area contributed by atoms with Gasteiger partial charge in [-0.3, -0.25) is 14.9 Å². The molecule has 0 heterocycles. The van der Waals surface area contributed by atoms with Crippen LogP contribution in [0.25, 0.3) is 0 Å². The molecule has 0 N–H and O–H groups in total. The van der Waals surface area contributed by atoms with Gasteiger partial charge in [-0.15, -0.1) is 0 Å². The molecule has 2 rings (SSSR count). The minimum Gasteiger partial charge on any atom is -0.463 e. The maximum Gasteiger partial charge on any atom is 0.338 e. The Morgan fingerprint density at radius 2 is 1.92 bits per heavy atom. The maximum atomic E-state index is 12.1. The Morgan fingerprint density at radius 1 is 1.25 bits per heavy atom. The Bertz CT molecular complexity index is 610. The van der Waals surface area contributed by atoms with Gasteiger partial charge in [-0.25, -0.2) is 4.79 Å². The lowest BCUT2D eigenvalue weighted by atomic mass is 10.0. The van der Waals surface area contributed by atoms with Crippen LogP contribution in [0, 0.1) is 16.0 Å². The number of hydrogen-bond acceptors (Lipinski definition) is 6. The molecule has 24 heavy (non-hydrogen) atoms. The first-order valence-corrected chi connectivity index (χ1v) is 8.00. The number of hydrogen-bond donors (Lipinski definition) is 0. The lowest BCUT2D eigenvalue weighted by molar-refractivity contribution is -0.384. The van der Waals surface area contributed by atoms with Crippen molar-refractivity contribution < 1.29 is 24.0 Å². The SMILES string of the molecule is CC(C)OC(=O)C[C@H]1CC[C@H](OC(=O)c2ccc([N+](=O)[O-])cc2)C1. The number of nitro benzene ring substituents is 1. The fourth-order valence-corrected chi connectivity index (χ4v) is 2.81. The van der Waals surface area contributed by atoms with Gasteiger partial charge in [0.1, 0.15) is 6.10 Å². The second-order valence-electron chi connectivity index (χ2n) is 6.25. The van der Waals surface area contributed by atoms with Crippen molar-refractivity contribution in [2.24, 2.45) is 5.92 Å². The van der Waals surface area contributed by atoms with Crippen molar-refractivity contribution in [1.82, 2.24) is 0 Å². The average Bonchev–Trinajstić information content (AvgIpc) is 2.93. The Morgan fingerprint density at radius 3 is 2.50 bits per heavy atom. The van der Waals surface area contributed by atoms with Gasteiger partial charge in [0.05, 0.1) is 16.6 Å². The van der Waals surface area contributed by atoms with E-state index in [-0.39, 0.29) is 35.3 Å². The Balaban J connectivity index is 1.83. The van der Waals surface area contributed by atoms with Gasteiger partial charge in [0.15, 0.2) is 0 Å². The summed E-state index contributed by atoms with van der Waals surface area (Å²) in [4.78, 5) is 33.8. The molecule has 7 nitrogen and oxygen atoms in total. The van der Waals surface area contributed by atoms with Gasteiger partial charge >= 0.3 is 11.9 Å². The molecule has 0 aromatic heterocycles. The highest BCUT2D eigenvalue weighted by atomic mass is 16.6. The number of carbonyl (C=O) groups excluding carboxylic acids is 2. The summed E-state index contributed by atoms with van der Waals surface area (Å²) in [5.41, 5.74) is 0.208. The number of esters is 2. The van der Waals surface area contributed by atoms with Crippen LogP contribution in [0.15, 0.2) is 24.3 Å². The topological polar surface area (TPSA) is 95.7 Å². The van der Waals surface area contributed by atoms with Crippen LogP contribution in [-0.4, -0.2) is 29.1 Å². The van der Waals surface area contributed by atoms with Crippen LogP contribution in [0.3, 0.4) is 0 Å². The van der Waals surface area contributed by atoms with Crippen molar-refractivity contribution in [2.75, 3.05) is 0 Å². The summed E-state index contributed by atoms with van der Waals surface area (Å²) in [5, 5.41) is 10.6. The average molecular weight is 335 g/mol. The molecule has 130 valence electrons. The van der Waals surface area contributed by atoms with Crippen LogP contribution >= 0.6 is 0 Å². The fraction of sp³-hybridized carbons (Fsp3) is 0.529. The molecular weight excluding hydrogens is 314 g/mol. The van der Waals surface area contributed by atoms with E-state index < -0.39 is 10.9 Å². The zero-order valence-corrected chi connectivity index (χ0v) is 13.8. The minimum absolute atomic E-state index is 0.0730. The molecule has 0 radical (unpaired) electrons. The number of non-ortho nitro benzene ring substituents is 1. The normalized spacial score (nSPS) is 20.0. The van der Waals surface area contributed by atoms with E-state index in [1.807, 2.05) is 0 Å². The van der Waals surface area contributed by atoms with E-state index in [1.165, 1.54) is 24.3 Å². The number of ether oxygens (including phenoxy) is 2. The molecule has 1 fully saturated rings. The van der Waals surface area contributed by atoms with E-state index >= 15 is 0 Å². The number of benzene rings is 1. The molecule has 0 spiro atoms. The smallest absolute Gasteiger partial charge is 0.338 e. The van der Waals surface area contributed by atoms with E-state index in [4.69, 9.17) is 9.47 Å². The molecule has 1 aromatic rings. The molecule has 1 aromatic carbocycles. The van der Waals surface area contributed by atoms with Crippen molar-refractivity contribution in [1.29, 1.82) is 0 Å². The summed E-state index contributed by atoms with van der Waals surface area (Å²) in [5.74, 6) is -0.566. The number of nitrogens with zero attached hydrogens (tertiary/aromatic N) is 1. The Hall–Kier alpha value is -2.44. The van der Waals surface area contributed by atoms with E-state index in [9.17, 15) is 19.7 Å². The van der Waals surface area contributed by atoms with Crippen LogP contribution in [-0.2, 0) is 14.3 Å². The molecular formula is C17H21NO6. The molecule has 0 unspecified atom stereocenters. The van der Waals surface area contributed by atoms with Gasteiger partial charge in [0.2, 0.25) is 0 Å². The van der Waals surface area contributed by atoms with Crippen molar-refractivity contribution in [3.05, 3.63) is 39.9 Å². The first-order chi connectivity index (χ1) is 11.3. The van der Waals surface area contributed by atoms with Crippen molar-refractivity contribution in [3.63, 3.8) is 0 Å². The van der Waals surface area contributed by atoms with Crippen LogP contribution in [0.4, 0.5) is 5.69 Å². The summed E-state index contributed by atoms with van der Waals surface area (Å²) >= 11 is 0. The summed E-state index contributed by atoms with van der Waals surface area (Å²) in [6, 6.07) is 5.31. The van der Waals surface area contributed by atoms with Gasteiger partial charge in [0, 0.05) is 18.6 Å². The third-order valence-electron chi connectivity index (χ3n) is 3.90. The molecule has 0 bridgehead atoms. The van der Waals surface area contributed by atoms with Crippen molar-refractivity contribution in [3.8, 4) is 0 Å². The van der Waals surface area contributed by atoms with Gasteiger partial charge in [-0.1, -0.05) is 0 Å². The molecule has 0 saturated heterocycles. The number of rotatable bonds is 6. The lowest BCUT2D eigenvalue weighted by Crippen LogP contribution is -2.17. The summed E-state index contributed by atoms with van der Waals surface area (Å²) in [7, 11) is 0. The molecule has 1 saturated carbocycles. The molecule has 1 aliphatic rings. The van der Waals surface area contributed by atoms with Crippen LogP contribution in [0.5, 0.6) is 0 Å². The lowest BCUT2D eigenvalue weighted by Gasteiger charge is -2.13. The Kier molecular flexibility index (Phi) is 5.89. The zero-order chi connectivity index (χ0) is 17.7. The molecule has 1 aliphatic carbocycles. The molecule has 0 amide bonds. The second kappa shape index (κ2) is 7.90. The summed E-state index contributed by atoms with van der Waals surface area (Å²) < 4.78 is 10.6. The van der Waals surface area contributed by atoms with Crippen LogP contribution in [0.2, 0.25) is 0 Å². The summed E-state index contributed by atoms with van der Waals surface area (Å²) in [6.45, 7) is 3.61. The van der Waals surface area contributed by atoms with E-state index in [2.05, 4.69) is 0 Å². The van der Waals surface area contributed by atoms with E-state index in [1.54, 1.807) is 13.8 Å². The standard InChI is InChI=1S/C17H21NO6/c1-11(2)23-16(19)10-12-3-8-15(9-12)24-17(20)13-4-6-14(7-5-13)18(21)22/h4-7,11-12,15H,3,8-10H2,1-2H3/t12-,15-/m0/s1. The third kappa shape index (κ3) is 5.04. The molecule has 0 aliphatic heterocycles. The third-order valence-corrected chi connectivity index (χ3v) is 3.90. The first-order valence-electron chi connectivity index (χ1n) is 8.00. The van der Waals surface area contributed by atoms with E-state index in [0.717, 1.165) is 6.42 Å². The van der Waals surface area contributed by atoms with Crippen LogP contribution in [0.1, 0.15) is 49.9 Å². The largest absolute Gasteiger partial charge is 0.463 e. The fourth-order valence-electron chi connectivity index (χ4n) is 2.81. The highest BCUT2D eigenvalue weighted by Crippen LogP contribution is 2.31. The van der Waals surface area contributed by atoms with E-state index in [0.29, 0.717) is 19.3 Å². The number of carbonyl (C=O) groups is 2. The van der Waals surface area contributed by atoms with Gasteiger partial charge < -0.3 is 9.47 Å². The monoisotopic (exact) mass is 335 g/mol. The highest BCUT2D eigenvalue weighted by Gasteiger charge is 2.30. The number of nitro groups is 1. The maximum absolute atomic E-state index is 12.1. The Labute approximate surface area is 140 Å². The van der Waals surface area contributed by atoms with Crippen LogP contribution < -0.4 is 0 Å². The van der Waals surface area contributed by atoms with Gasteiger partial charge in [-0.2, -0.15) is 0 Å². The highest BCUT2D eigenvalue weighted by molar-refractivity contribution is 5.89. The molecule has 7 heteroatoms. The molecule has 2 atom stereocenters. The van der Waals surface area contributed by atoms with Crippen molar-refractivity contribution in [2.45, 2.75) is 51.7 Å². The van der Waals surface area contributed by atoms with Gasteiger partial charge in [0.25, 0.3) is 5.69 Å². The second-order valence-corrected chi connectivity index (χ2v) is 6.25. The van der Waals surface area contributed by atoms with Gasteiger partial charge in [-0.05, 0) is 51.2 Å². The zero-order valence-electron chi connectivity index (χ0n) is 13.8. The first kappa shape index (κ1) is 17.9. The quantitative estimate of drug-likeness (QED) is 0.450. The predicted octanol–water partition coefficient (Wildman–Crippen LogP) is 3.26. The summed E-state index contributed by atoms with van der Waals surface area (Å²) in [6.07, 6.45) is 2.12. The minimum atomic E-state index is -0.521.